The summed E-state index contributed by atoms with van der Waals surface area (Å²) in [6.45, 7) is 4.13. The van der Waals surface area contributed by atoms with Crippen molar-refractivity contribution in [3.05, 3.63) is 72.9 Å². The number of carbonyl (C=O) groups is 2. The van der Waals surface area contributed by atoms with Crippen LogP contribution in [0.25, 0.3) is 0 Å². The van der Waals surface area contributed by atoms with Crippen LogP contribution in [0.3, 0.4) is 0 Å². The zero-order valence-electron chi connectivity index (χ0n) is 43.8. The van der Waals surface area contributed by atoms with Crippen LogP contribution in [-0.4, -0.2) is 70.0 Å². The molecule has 0 aliphatic heterocycles. The normalized spacial score (nSPS) is 13.9. The van der Waals surface area contributed by atoms with Gasteiger partial charge in [-0.2, -0.15) is 0 Å². The molecule has 0 bridgehead atoms. The van der Waals surface area contributed by atoms with Crippen LogP contribution >= 0.6 is 7.82 Å². The molecule has 10 heteroatoms. The summed E-state index contributed by atoms with van der Waals surface area (Å²) < 4.78 is 34.1. The molecule has 0 N–H and O–H groups in total. The van der Waals surface area contributed by atoms with Crippen LogP contribution in [-0.2, 0) is 32.7 Å². The Morgan fingerprint density at radius 3 is 1.27 bits per heavy atom. The van der Waals surface area contributed by atoms with Crippen LogP contribution in [0.4, 0.5) is 0 Å². The topological polar surface area (TPSA) is 111 Å². The van der Waals surface area contributed by atoms with Crippen molar-refractivity contribution in [2.24, 2.45) is 0 Å². The number of allylic oxidation sites excluding steroid dienone is 12. The Morgan fingerprint density at radius 2 is 0.851 bits per heavy atom. The lowest BCUT2D eigenvalue weighted by Gasteiger charge is -2.28. The molecule has 0 spiro atoms. The van der Waals surface area contributed by atoms with Gasteiger partial charge in [-0.25, -0.2) is 0 Å². The van der Waals surface area contributed by atoms with Crippen LogP contribution in [0, 0.1) is 0 Å². The third-order valence-corrected chi connectivity index (χ3v) is 12.5. The van der Waals surface area contributed by atoms with E-state index in [1.54, 1.807) is 0 Å². The minimum atomic E-state index is -4.64. The first-order chi connectivity index (χ1) is 32.5. The number of esters is 2. The number of nitrogens with zero attached hydrogens (tertiary/aromatic N) is 1. The quantitative estimate of drug-likeness (QED) is 0.0195. The molecule has 9 nitrogen and oxygen atoms in total. The van der Waals surface area contributed by atoms with E-state index in [1.165, 1.54) is 109 Å². The van der Waals surface area contributed by atoms with E-state index < -0.39 is 26.5 Å². The molecule has 388 valence electrons. The number of phosphoric acid groups is 1. The minimum absolute atomic E-state index is 0.0344. The second-order valence-corrected chi connectivity index (χ2v) is 20.6. The van der Waals surface area contributed by atoms with Crippen LogP contribution < -0.4 is 4.89 Å². The maximum atomic E-state index is 12.8. The maximum absolute atomic E-state index is 12.8. The molecule has 67 heavy (non-hydrogen) atoms. The zero-order chi connectivity index (χ0) is 49.2. The van der Waals surface area contributed by atoms with Gasteiger partial charge in [0.2, 0.25) is 0 Å². The molecular formula is C57H102NO8P. The Bertz CT molecular complexity index is 1360. The van der Waals surface area contributed by atoms with E-state index in [-0.39, 0.29) is 32.0 Å². The molecule has 0 heterocycles. The van der Waals surface area contributed by atoms with Crippen molar-refractivity contribution in [1.82, 2.24) is 0 Å². The fourth-order valence-corrected chi connectivity index (χ4v) is 8.04. The van der Waals surface area contributed by atoms with Gasteiger partial charge in [0, 0.05) is 12.8 Å². The van der Waals surface area contributed by atoms with Gasteiger partial charge in [-0.3, -0.25) is 14.2 Å². The van der Waals surface area contributed by atoms with Crippen LogP contribution in [0.2, 0.25) is 0 Å². The zero-order valence-corrected chi connectivity index (χ0v) is 44.7. The summed E-state index contributed by atoms with van der Waals surface area (Å²) in [5, 5.41) is 0. The summed E-state index contributed by atoms with van der Waals surface area (Å²) in [4.78, 5) is 37.8. The van der Waals surface area contributed by atoms with Crippen LogP contribution in [0.1, 0.15) is 226 Å². The molecule has 0 fully saturated rings. The lowest BCUT2D eigenvalue weighted by atomic mass is 10.0. The number of carbonyl (C=O) groups excluding carboxylic acids is 2. The molecule has 0 rings (SSSR count). The average Bonchev–Trinajstić information content (AvgIpc) is 3.29. The summed E-state index contributed by atoms with van der Waals surface area (Å²) >= 11 is 0. The van der Waals surface area contributed by atoms with Gasteiger partial charge in [0.25, 0.3) is 7.82 Å². The smallest absolute Gasteiger partial charge is 0.306 e. The van der Waals surface area contributed by atoms with E-state index >= 15 is 0 Å². The first kappa shape index (κ1) is 64.5. The number of rotatable bonds is 49. The van der Waals surface area contributed by atoms with Gasteiger partial charge in [0.05, 0.1) is 27.7 Å². The predicted octanol–water partition coefficient (Wildman–Crippen LogP) is 15.9. The highest BCUT2D eigenvalue weighted by Gasteiger charge is 2.21. The fraction of sp³-hybridized carbons (Fsp3) is 0.754. The number of phosphoric ester groups is 1. The molecular weight excluding hydrogens is 858 g/mol. The largest absolute Gasteiger partial charge is 0.756 e. The fourth-order valence-electron chi connectivity index (χ4n) is 7.31. The molecule has 0 radical (unpaired) electrons. The van der Waals surface area contributed by atoms with Gasteiger partial charge in [-0.05, 0) is 64.2 Å². The highest BCUT2D eigenvalue weighted by Crippen LogP contribution is 2.38. The number of quaternary nitrogens is 1. The van der Waals surface area contributed by atoms with Gasteiger partial charge >= 0.3 is 11.9 Å². The SMILES string of the molecule is CC/C=C\C/C=C\C/C=C\C/C=C\C/C=C\C/C=C\CCCCCCCCCCC(=O)OC(COC(=O)CCCCCCCCCCCCCCCCCC)COP(=O)([O-])OCC[N+](C)(C)C. The van der Waals surface area contributed by atoms with Gasteiger partial charge in [0.1, 0.15) is 19.8 Å². The Hall–Kier alpha value is -2.55. The first-order valence-corrected chi connectivity index (χ1v) is 28.6. The van der Waals surface area contributed by atoms with E-state index in [9.17, 15) is 19.0 Å². The van der Waals surface area contributed by atoms with Crippen LogP contribution in [0.5, 0.6) is 0 Å². The van der Waals surface area contributed by atoms with Crippen molar-refractivity contribution in [2.75, 3.05) is 47.5 Å². The van der Waals surface area contributed by atoms with Gasteiger partial charge in [-0.1, -0.05) is 222 Å². The monoisotopic (exact) mass is 960 g/mol. The highest BCUT2D eigenvalue weighted by atomic mass is 31.2. The summed E-state index contributed by atoms with van der Waals surface area (Å²) in [5.41, 5.74) is 0. The molecule has 0 aromatic carbocycles. The molecule has 0 aromatic heterocycles. The van der Waals surface area contributed by atoms with Gasteiger partial charge < -0.3 is 27.9 Å². The molecule has 2 atom stereocenters. The molecule has 0 aliphatic rings. The molecule has 0 saturated heterocycles. The number of unbranched alkanes of at least 4 members (excludes halogenated alkanes) is 23. The molecule has 0 amide bonds. The van der Waals surface area contributed by atoms with E-state index in [4.69, 9.17) is 18.5 Å². The van der Waals surface area contributed by atoms with Gasteiger partial charge in [-0.15, -0.1) is 0 Å². The number of ether oxygens (including phenoxy) is 2. The van der Waals surface area contributed by atoms with Crippen molar-refractivity contribution < 1.29 is 42.1 Å². The lowest BCUT2D eigenvalue weighted by molar-refractivity contribution is -0.870. The van der Waals surface area contributed by atoms with E-state index in [2.05, 4.69) is 86.8 Å². The summed E-state index contributed by atoms with van der Waals surface area (Å²) in [6, 6.07) is 0. The summed E-state index contributed by atoms with van der Waals surface area (Å²) in [5.74, 6) is -0.840. The van der Waals surface area contributed by atoms with Crippen molar-refractivity contribution in [1.29, 1.82) is 0 Å². The predicted molar refractivity (Wildman–Crippen MR) is 282 cm³/mol. The second-order valence-electron chi connectivity index (χ2n) is 19.2. The van der Waals surface area contributed by atoms with Crippen molar-refractivity contribution in [3.8, 4) is 0 Å². The Kier molecular flexibility index (Phi) is 46.6. The third-order valence-electron chi connectivity index (χ3n) is 11.5. The lowest BCUT2D eigenvalue weighted by Crippen LogP contribution is -2.37. The molecule has 2 unspecified atom stereocenters. The van der Waals surface area contributed by atoms with Crippen molar-refractivity contribution >= 4 is 19.8 Å². The Balaban J connectivity index is 4.22. The van der Waals surface area contributed by atoms with E-state index in [1.807, 2.05) is 21.1 Å². The average molecular weight is 960 g/mol. The van der Waals surface area contributed by atoms with Crippen LogP contribution in [0.15, 0.2) is 72.9 Å². The van der Waals surface area contributed by atoms with Gasteiger partial charge in [0.15, 0.2) is 6.10 Å². The standard InChI is InChI=1S/C57H102NO8P/c1-6-8-10-12-14-16-18-20-22-24-25-26-27-28-29-30-31-32-33-34-36-38-40-42-44-46-48-50-57(60)66-55(54-65-67(61,62)64-52-51-58(3,4)5)53-63-56(59)49-47-45-43-41-39-37-35-23-21-19-17-15-13-11-9-7-2/h8,10,14,16,20,22,25-26,28-29,31-32,55H,6-7,9,11-13,15,17-19,21,23-24,27,30,33-54H2,1-5H3/b10-8-,16-14-,22-20-,26-25-,29-28-,32-31-. The molecule has 0 aromatic rings. The summed E-state index contributed by atoms with van der Waals surface area (Å²) in [7, 11) is 1.16. The minimum Gasteiger partial charge on any atom is -0.756 e. The number of hydrogen-bond donors (Lipinski definition) is 0. The Morgan fingerprint density at radius 1 is 0.478 bits per heavy atom. The molecule has 0 saturated carbocycles. The second kappa shape index (κ2) is 48.5. The highest BCUT2D eigenvalue weighted by molar-refractivity contribution is 7.45. The summed E-state index contributed by atoms with van der Waals surface area (Å²) in [6.07, 6.45) is 62.2. The maximum Gasteiger partial charge on any atom is 0.306 e. The number of hydrogen-bond acceptors (Lipinski definition) is 8. The first-order valence-electron chi connectivity index (χ1n) is 27.1. The number of likely N-dealkylation sites (N-methyl/N-ethyl adjacent to an activating group) is 1. The Labute approximate surface area is 412 Å². The van der Waals surface area contributed by atoms with E-state index in [0.717, 1.165) is 83.5 Å². The van der Waals surface area contributed by atoms with Crippen molar-refractivity contribution in [3.63, 3.8) is 0 Å². The van der Waals surface area contributed by atoms with Crippen molar-refractivity contribution in [2.45, 2.75) is 232 Å². The van der Waals surface area contributed by atoms with E-state index in [0.29, 0.717) is 17.4 Å². The third kappa shape index (κ3) is 52.7. The molecule has 0 aliphatic carbocycles.